The molecule has 0 fully saturated rings. The first-order chi connectivity index (χ1) is 14.1. The highest BCUT2D eigenvalue weighted by Crippen LogP contribution is 2.29. The first-order valence-electron chi connectivity index (χ1n) is 9.03. The number of rotatable bonds is 6. The van der Waals surface area contributed by atoms with Crippen molar-refractivity contribution in [1.82, 2.24) is 10.2 Å². The lowest BCUT2D eigenvalue weighted by Gasteiger charge is -2.29. The summed E-state index contributed by atoms with van der Waals surface area (Å²) in [7, 11) is -3.71. The van der Waals surface area contributed by atoms with Crippen LogP contribution in [0.25, 0.3) is 10.6 Å². The Morgan fingerprint density at radius 1 is 1.13 bits per heavy atom. The minimum absolute atomic E-state index is 0.284. The number of hydrogen-bond acceptors (Lipinski definition) is 6. The van der Waals surface area contributed by atoms with Crippen molar-refractivity contribution in [3.8, 4) is 10.6 Å². The molecule has 30 heavy (non-hydrogen) atoms. The third kappa shape index (κ3) is 4.97. The van der Waals surface area contributed by atoms with E-state index in [1.54, 1.807) is 32.0 Å². The summed E-state index contributed by atoms with van der Waals surface area (Å²) in [6.45, 7) is 5.22. The van der Waals surface area contributed by atoms with Crippen LogP contribution < -0.4 is 9.62 Å². The maximum absolute atomic E-state index is 12.9. The molecule has 2 aromatic carbocycles. The molecule has 0 aliphatic rings. The molecule has 1 unspecified atom stereocenters. The summed E-state index contributed by atoms with van der Waals surface area (Å²) in [5.41, 5.74) is 2.94. The molecule has 3 rings (SSSR count). The SMILES string of the molecule is Cc1ccc(C)c(N(C(C)C(=O)Nc2nnc(-c3ccc(Cl)cc3)s2)S(C)(=O)=O)c1. The van der Waals surface area contributed by atoms with E-state index in [0.717, 1.165) is 27.3 Å². The van der Waals surface area contributed by atoms with E-state index in [1.165, 1.54) is 11.3 Å². The average Bonchev–Trinajstić information content (AvgIpc) is 3.12. The van der Waals surface area contributed by atoms with E-state index in [-0.39, 0.29) is 5.13 Å². The van der Waals surface area contributed by atoms with Crippen LogP contribution in [0, 0.1) is 13.8 Å². The number of anilines is 2. The van der Waals surface area contributed by atoms with Crippen molar-refractivity contribution in [2.45, 2.75) is 26.8 Å². The van der Waals surface area contributed by atoms with E-state index >= 15 is 0 Å². The van der Waals surface area contributed by atoms with Gasteiger partial charge in [-0.1, -0.05) is 47.2 Å². The minimum atomic E-state index is -3.71. The van der Waals surface area contributed by atoms with Crippen molar-refractivity contribution in [3.63, 3.8) is 0 Å². The van der Waals surface area contributed by atoms with E-state index in [1.807, 2.05) is 31.2 Å². The largest absolute Gasteiger partial charge is 0.299 e. The quantitative estimate of drug-likeness (QED) is 0.588. The van der Waals surface area contributed by atoms with Gasteiger partial charge in [0.05, 0.1) is 11.9 Å². The lowest BCUT2D eigenvalue weighted by molar-refractivity contribution is -0.116. The van der Waals surface area contributed by atoms with Gasteiger partial charge in [0, 0.05) is 10.6 Å². The molecule has 158 valence electrons. The Hall–Kier alpha value is -2.49. The first-order valence-corrected chi connectivity index (χ1v) is 12.1. The summed E-state index contributed by atoms with van der Waals surface area (Å²) in [5.74, 6) is -0.500. The number of benzene rings is 2. The highest BCUT2D eigenvalue weighted by molar-refractivity contribution is 7.92. The molecule has 1 heterocycles. The number of amides is 1. The van der Waals surface area contributed by atoms with Crippen molar-refractivity contribution < 1.29 is 13.2 Å². The summed E-state index contributed by atoms with van der Waals surface area (Å²) < 4.78 is 26.2. The molecule has 0 aliphatic carbocycles. The van der Waals surface area contributed by atoms with E-state index in [4.69, 9.17) is 11.6 Å². The lowest BCUT2D eigenvalue weighted by atomic mass is 10.1. The number of carbonyl (C=O) groups excluding carboxylic acids is 1. The van der Waals surface area contributed by atoms with Gasteiger partial charge in [-0.05, 0) is 50.1 Å². The third-order valence-corrected chi connectivity index (χ3v) is 6.80. The molecular weight excluding hydrogens is 444 g/mol. The fourth-order valence-electron chi connectivity index (χ4n) is 2.93. The highest BCUT2D eigenvalue weighted by Gasteiger charge is 2.30. The molecule has 0 saturated heterocycles. The molecule has 3 aromatic rings. The Labute approximate surface area is 184 Å². The van der Waals surface area contributed by atoms with E-state index < -0.39 is 22.0 Å². The monoisotopic (exact) mass is 464 g/mol. The van der Waals surface area contributed by atoms with E-state index in [9.17, 15) is 13.2 Å². The predicted molar refractivity (Wildman–Crippen MR) is 122 cm³/mol. The van der Waals surface area contributed by atoms with Crippen LogP contribution in [0.3, 0.4) is 0 Å². The van der Waals surface area contributed by atoms with E-state index in [0.29, 0.717) is 15.7 Å². The Kier molecular flexibility index (Phi) is 6.44. The normalized spacial score (nSPS) is 12.4. The zero-order valence-electron chi connectivity index (χ0n) is 16.9. The van der Waals surface area contributed by atoms with Gasteiger partial charge in [0.25, 0.3) is 0 Å². The lowest BCUT2D eigenvalue weighted by Crippen LogP contribution is -2.45. The van der Waals surface area contributed by atoms with Crippen molar-refractivity contribution in [2.75, 3.05) is 15.9 Å². The molecule has 0 bridgehead atoms. The molecular formula is C20H21ClN4O3S2. The maximum Gasteiger partial charge on any atom is 0.249 e. The van der Waals surface area contributed by atoms with Gasteiger partial charge < -0.3 is 0 Å². The number of hydrogen-bond donors (Lipinski definition) is 1. The van der Waals surface area contributed by atoms with Crippen LogP contribution in [0.2, 0.25) is 5.02 Å². The number of nitrogens with zero attached hydrogens (tertiary/aromatic N) is 3. The van der Waals surface area contributed by atoms with Crippen molar-refractivity contribution in [2.24, 2.45) is 0 Å². The fraction of sp³-hybridized carbons (Fsp3) is 0.250. The Bertz CT molecular complexity index is 1180. The second-order valence-electron chi connectivity index (χ2n) is 6.93. The van der Waals surface area contributed by atoms with Gasteiger partial charge in [-0.2, -0.15) is 0 Å². The second-order valence-corrected chi connectivity index (χ2v) is 10.2. The molecule has 0 radical (unpaired) electrons. The summed E-state index contributed by atoms with van der Waals surface area (Å²) in [6, 6.07) is 11.6. The van der Waals surface area contributed by atoms with Crippen LogP contribution >= 0.6 is 22.9 Å². The highest BCUT2D eigenvalue weighted by atomic mass is 35.5. The number of halogens is 1. The third-order valence-electron chi connectivity index (χ3n) is 4.44. The summed E-state index contributed by atoms with van der Waals surface area (Å²) in [6.07, 6.45) is 1.09. The van der Waals surface area contributed by atoms with Crippen LogP contribution in [0.5, 0.6) is 0 Å². The molecule has 1 N–H and O–H groups in total. The molecule has 1 atom stereocenters. The number of sulfonamides is 1. The Balaban J connectivity index is 1.84. The molecule has 0 aliphatic heterocycles. The maximum atomic E-state index is 12.9. The molecule has 1 aromatic heterocycles. The predicted octanol–water partition coefficient (Wildman–Crippen LogP) is 4.27. The van der Waals surface area contributed by atoms with Crippen LogP contribution in [0.1, 0.15) is 18.1 Å². The number of carbonyl (C=O) groups is 1. The first kappa shape index (κ1) is 22.2. The van der Waals surface area contributed by atoms with Crippen LogP contribution in [0.15, 0.2) is 42.5 Å². The average molecular weight is 465 g/mol. The number of nitrogens with one attached hydrogen (secondary N) is 1. The van der Waals surface area contributed by atoms with Crippen LogP contribution in [-0.2, 0) is 14.8 Å². The van der Waals surface area contributed by atoms with Gasteiger partial charge in [-0.15, -0.1) is 10.2 Å². The van der Waals surface area contributed by atoms with Crippen LogP contribution in [0.4, 0.5) is 10.8 Å². The Morgan fingerprint density at radius 3 is 2.43 bits per heavy atom. The van der Waals surface area contributed by atoms with Crippen molar-refractivity contribution in [1.29, 1.82) is 0 Å². The smallest absolute Gasteiger partial charge is 0.249 e. The molecule has 1 amide bonds. The Morgan fingerprint density at radius 2 is 1.80 bits per heavy atom. The van der Waals surface area contributed by atoms with Gasteiger partial charge in [-0.3, -0.25) is 14.4 Å². The molecule has 0 spiro atoms. The van der Waals surface area contributed by atoms with Gasteiger partial charge in [0.1, 0.15) is 11.0 Å². The second kappa shape index (κ2) is 8.71. The summed E-state index contributed by atoms with van der Waals surface area (Å²) in [4.78, 5) is 12.9. The van der Waals surface area contributed by atoms with Crippen molar-refractivity contribution in [3.05, 3.63) is 58.6 Å². The van der Waals surface area contributed by atoms with Gasteiger partial charge in [0.15, 0.2) is 0 Å². The van der Waals surface area contributed by atoms with Gasteiger partial charge >= 0.3 is 0 Å². The summed E-state index contributed by atoms with van der Waals surface area (Å²) >= 11 is 7.10. The van der Waals surface area contributed by atoms with E-state index in [2.05, 4.69) is 15.5 Å². The topological polar surface area (TPSA) is 92.3 Å². The summed E-state index contributed by atoms with van der Waals surface area (Å²) in [5, 5.41) is 12.3. The zero-order chi connectivity index (χ0) is 22.1. The molecule has 7 nitrogen and oxygen atoms in total. The fourth-order valence-corrected chi connectivity index (χ4v) is 5.03. The minimum Gasteiger partial charge on any atom is -0.299 e. The van der Waals surface area contributed by atoms with Gasteiger partial charge in [-0.25, -0.2) is 8.42 Å². The zero-order valence-corrected chi connectivity index (χ0v) is 19.3. The standard InChI is InChI=1S/C20H21ClN4O3S2/c1-12-5-6-13(2)17(11-12)25(30(4,27)28)14(3)18(26)22-20-24-23-19(29-20)15-7-9-16(21)10-8-15/h5-11,14H,1-4H3,(H,22,24,26). The van der Waals surface area contributed by atoms with Gasteiger partial charge in [0.2, 0.25) is 21.1 Å². The number of aromatic nitrogens is 2. The van der Waals surface area contributed by atoms with Crippen LogP contribution in [-0.4, -0.2) is 36.8 Å². The molecule has 0 saturated carbocycles. The number of aryl methyl sites for hydroxylation is 2. The molecule has 10 heteroatoms. The van der Waals surface area contributed by atoms with Crippen molar-refractivity contribution >= 4 is 49.7 Å².